The molecule has 1 aliphatic heterocycles. The molecule has 20 heavy (non-hydrogen) atoms. The first-order valence-corrected chi connectivity index (χ1v) is 8.11. The van der Waals surface area contributed by atoms with Gasteiger partial charge in [-0.25, -0.2) is 0 Å². The second-order valence-corrected chi connectivity index (χ2v) is 7.03. The molecule has 1 saturated heterocycles. The van der Waals surface area contributed by atoms with Gasteiger partial charge >= 0.3 is 0 Å². The van der Waals surface area contributed by atoms with Crippen LogP contribution in [0.25, 0.3) is 0 Å². The smallest absolute Gasteiger partial charge is 0.0471 e. The van der Waals surface area contributed by atoms with Crippen molar-refractivity contribution in [3.63, 3.8) is 0 Å². The van der Waals surface area contributed by atoms with Gasteiger partial charge in [-0.05, 0) is 30.4 Å². The number of piperidine rings is 1. The summed E-state index contributed by atoms with van der Waals surface area (Å²) in [6.07, 6.45) is 1.33. The molecule has 0 amide bonds. The van der Waals surface area contributed by atoms with Gasteiger partial charge in [-0.1, -0.05) is 45.4 Å². The molecule has 2 unspecified atom stereocenters. The third-order valence-corrected chi connectivity index (χ3v) is 4.34. The van der Waals surface area contributed by atoms with Crippen LogP contribution >= 0.6 is 11.6 Å². The van der Waals surface area contributed by atoms with Gasteiger partial charge in [-0.15, -0.1) is 0 Å². The van der Waals surface area contributed by atoms with E-state index in [0.29, 0.717) is 6.04 Å². The molecule has 1 aromatic rings. The van der Waals surface area contributed by atoms with Gasteiger partial charge in [0, 0.05) is 41.9 Å². The van der Waals surface area contributed by atoms with Crippen molar-refractivity contribution in [2.24, 2.45) is 11.8 Å². The Balaban J connectivity index is 2.23. The van der Waals surface area contributed by atoms with Gasteiger partial charge in [0.05, 0.1) is 0 Å². The average Bonchev–Trinajstić information content (AvgIpc) is 2.35. The van der Waals surface area contributed by atoms with E-state index in [0.717, 1.165) is 36.5 Å². The second-order valence-electron chi connectivity index (χ2n) is 6.62. The van der Waals surface area contributed by atoms with Crippen LogP contribution in [0.4, 0.5) is 5.69 Å². The minimum atomic E-state index is 0.471. The zero-order chi connectivity index (χ0) is 14.7. The Hall–Kier alpha value is -0.730. The first-order valence-electron chi connectivity index (χ1n) is 7.73. The predicted molar refractivity (Wildman–Crippen MR) is 88.6 cm³/mol. The van der Waals surface area contributed by atoms with Crippen LogP contribution < -0.4 is 10.2 Å². The normalized spacial score (nSPS) is 23.4. The highest BCUT2D eigenvalue weighted by Crippen LogP contribution is 2.32. The zero-order valence-electron chi connectivity index (χ0n) is 13.1. The molecule has 2 nitrogen and oxygen atoms in total. The lowest BCUT2D eigenvalue weighted by molar-refractivity contribution is 0.356. The van der Waals surface area contributed by atoms with Gasteiger partial charge < -0.3 is 10.2 Å². The van der Waals surface area contributed by atoms with E-state index in [1.807, 2.05) is 6.07 Å². The molecular formula is C17H27ClN2. The molecule has 2 atom stereocenters. The van der Waals surface area contributed by atoms with Crippen molar-refractivity contribution in [2.75, 3.05) is 18.0 Å². The van der Waals surface area contributed by atoms with E-state index in [9.17, 15) is 0 Å². The zero-order valence-corrected chi connectivity index (χ0v) is 13.9. The average molecular weight is 295 g/mol. The maximum Gasteiger partial charge on any atom is 0.0471 e. The van der Waals surface area contributed by atoms with E-state index in [4.69, 9.17) is 11.6 Å². The topological polar surface area (TPSA) is 15.3 Å². The molecule has 0 aliphatic carbocycles. The monoisotopic (exact) mass is 294 g/mol. The van der Waals surface area contributed by atoms with E-state index >= 15 is 0 Å². The Bertz CT molecular complexity index is 435. The Morgan fingerprint density at radius 1 is 1.25 bits per heavy atom. The standard InChI is InChI=1S/C17H27ClN2/c1-12(2)19-9-15-16(18)6-5-7-17(15)20-10-13(3)8-14(4)11-20/h5-7,12-14,19H,8-11H2,1-4H3. The molecule has 0 radical (unpaired) electrons. The lowest BCUT2D eigenvalue weighted by Gasteiger charge is -2.38. The number of anilines is 1. The summed E-state index contributed by atoms with van der Waals surface area (Å²) in [7, 11) is 0. The minimum absolute atomic E-state index is 0.471. The van der Waals surface area contributed by atoms with E-state index < -0.39 is 0 Å². The summed E-state index contributed by atoms with van der Waals surface area (Å²) in [6.45, 7) is 12.1. The molecule has 0 saturated carbocycles. The molecule has 1 aromatic carbocycles. The highest BCUT2D eigenvalue weighted by molar-refractivity contribution is 6.31. The van der Waals surface area contributed by atoms with Gasteiger partial charge in [-0.3, -0.25) is 0 Å². The third-order valence-electron chi connectivity index (χ3n) is 3.99. The van der Waals surface area contributed by atoms with Crippen molar-refractivity contribution in [3.8, 4) is 0 Å². The molecular weight excluding hydrogens is 268 g/mol. The third kappa shape index (κ3) is 3.89. The van der Waals surface area contributed by atoms with Crippen LogP contribution in [0, 0.1) is 11.8 Å². The van der Waals surface area contributed by atoms with Gasteiger partial charge in [0.15, 0.2) is 0 Å². The molecule has 1 aliphatic rings. The van der Waals surface area contributed by atoms with E-state index in [1.165, 1.54) is 17.7 Å². The van der Waals surface area contributed by atoms with E-state index in [1.54, 1.807) is 0 Å². The van der Waals surface area contributed by atoms with Crippen molar-refractivity contribution in [1.82, 2.24) is 5.32 Å². The summed E-state index contributed by atoms with van der Waals surface area (Å²) in [4.78, 5) is 2.52. The highest BCUT2D eigenvalue weighted by atomic mass is 35.5. The summed E-state index contributed by atoms with van der Waals surface area (Å²) in [5.74, 6) is 1.51. The largest absolute Gasteiger partial charge is 0.371 e. The summed E-state index contributed by atoms with van der Waals surface area (Å²) >= 11 is 6.44. The molecule has 0 spiro atoms. The summed E-state index contributed by atoms with van der Waals surface area (Å²) in [6, 6.07) is 6.76. The Kier molecular flexibility index (Phi) is 5.34. The van der Waals surface area contributed by atoms with Crippen molar-refractivity contribution in [3.05, 3.63) is 28.8 Å². The Morgan fingerprint density at radius 3 is 2.50 bits per heavy atom. The first kappa shape index (κ1) is 15.7. The highest BCUT2D eigenvalue weighted by Gasteiger charge is 2.24. The number of nitrogens with zero attached hydrogens (tertiary/aromatic N) is 1. The fraction of sp³-hybridized carbons (Fsp3) is 0.647. The van der Waals surface area contributed by atoms with Crippen molar-refractivity contribution < 1.29 is 0 Å². The van der Waals surface area contributed by atoms with Crippen LogP contribution in [0.15, 0.2) is 18.2 Å². The van der Waals surface area contributed by atoms with Gasteiger partial charge in [0.25, 0.3) is 0 Å². The molecule has 112 valence electrons. The van der Waals surface area contributed by atoms with Crippen molar-refractivity contribution in [1.29, 1.82) is 0 Å². The molecule has 2 rings (SSSR count). The van der Waals surface area contributed by atoms with Crippen LogP contribution in [0.2, 0.25) is 5.02 Å². The van der Waals surface area contributed by atoms with E-state index in [2.05, 4.69) is 50.0 Å². The van der Waals surface area contributed by atoms with Gasteiger partial charge in [0.2, 0.25) is 0 Å². The lowest BCUT2D eigenvalue weighted by Crippen LogP contribution is -2.39. The van der Waals surface area contributed by atoms with E-state index in [-0.39, 0.29) is 0 Å². The van der Waals surface area contributed by atoms with Crippen LogP contribution in [0.5, 0.6) is 0 Å². The van der Waals surface area contributed by atoms with Crippen LogP contribution in [0.1, 0.15) is 39.7 Å². The fourth-order valence-electron chi connectivity index (χ4n) is 3.18. The Morgan fingerprint density at radius 2 is 1.90 bits per heavy atom. The van der Waals surface area contributed by atoms with Crippen LogP contribution in [-0.4, -0.2) is 19.1 Å². The van der Waals surface area contributed by atoms with Crippen molar-refractivity contribution >= 4 is 17.3 Å². The van der Waals surface area contributed by atoms with Crippen LogP contribution in [0.3, 0.4) is 0 Å². The summed E-state index contributed by atoms with van der Waals surface area (Å²) in [5.41, 5.74) is 2.55. The summed E-state index contributed by atoms with van der Waals surface area (Å²) < 4.78 is 0. The lowest BCUT2D eigenvalue weighted by atomic mass is 9.91. The first-order chi connectivity index (χ1) is 9.47. The molecule has 1 heterocycles. The molecule has 1 fully saturated rings. The predicted octanol–water partition coefficient (Wildman–Crippen LogP) is 4.32. The molecule has 1 N–H and O–H groups in total. The number of rotatable bonds is 4. The number of halogens is 1. The minimum Gasteiger partial charge on any atom is -0.371 e. The number of hydrogen-bond donors (Lipinski definition) is 1. The van der Waals surface area contributed by atoms with Crippen molar-refractivity contribution in [2.45, 2.75) is 46.7 Å². The molecule has 0 aromatic heterocycles. The molecule has 0 bridgehead atoms. The van der Waals surface area contributed by atoms with Crippen LogP contribution in [-0.2, 0) is 6.54 Å². The quantitative estimate of drug-likeness (QED) is 0.889. The number of hydrogen-bond acceptors (Lipinski definition) is 2. The number of benzene rings is 1. The summed E-state index contributed by atoms with van der Waals surface area (Å²) in [5, 5.41) is 4.37. The van der Waals surface area contributed by atoms with Gasteiger partial charge in [0.1, 0.15) is 0 Å². The van der Waals surface area contributed by atoms with Gasteiger partial charge in [-0.2, -0.15) is 0 Å². The maximum absolute atomic E-state index is 6.44. The fourth-order valence-corrected chi connectivity index (χ4v) is 3.42. The second kappa shape index (κ2) is 6.82. The maximum atomic E-state index is 6.44. The number of nitrogens with one attached hydrogen (secondary N) is 1. The SMILES string of the molecule is CC1CC(C)CN(c2cccc(Cl)c2CNC(C)C)C1. The molecule has 3 heteroatoms. The Labute approximate surface area is 128 Å².